The summed E-state index contributed by atoms with van der Waals surface area (Å²) < 4.78 is 12.7. The molecule has 0 spiro atoms. The second-order valence-corrected chi connectivity index (χ2v) is 5.05. The standard InChI is InChI=1S/C14H15FN2/c1-14(2,3)11-6-4-10(5-7-11)13-16-8-12(15)9-17-13/h4-9H,1-3H3. The van der Waals surface area contributed by atoms with Gasteiger partial charge in [0.25, 0.3) is 0 Å². The van der Waals surface area contributed by atoms with E-state index in [0.29, 0.717) is 5.82 Å². The molecule has 0 aliphatic heterocycles. The summed E-state index contributed by atoms with van der Waals surface area (Å²) in [7, 11) is 0. The molecule has 17 heavy (non-hydrogen) atoms. The van der Waals surface area contributed by atoms with Crippen molar-refractivity contribution in [2.24, 2.45) is 0 Å². The van der Waals surface area contributed by atoms with Gasteiger partial charge in [-0.15, -0.1) is 0 Å². The lowest BCUT2D eigenvalue weighted by molar-refractivity contribution is 0.590. The summed E-state index contributed by atoms with van der Waals surface area (Å²) in [5, 5.41) is 0. The SMILES string of the molecule is CC(C)(C)c1ccc(-c2ncc(F)cn2)cc1. The van der Waals surface area contributed by atoms with Gasteiger partial charge < -0.3 is 0 Å². The van der Waals surface area contributed by atoms with Crippen molar-refractivity contribution in [2.75, 3.05) is 0 Å². The average Bonchev–Trinajstić information content (AvgIpc) is 2.29. The van der Waals surface area contributed by atoms with Crippen molar-refractivity contribution in [2.45, 2.75) is 26.2 Å². The van der Waals surface area contributed by atoms with Gasteiger partial charge in [0.2, 0.25) is 0 Å². The van der Waals surface area contributed by atoms with Crippen molar-refractivity contribution in [1.29, 1.82) is 0 Å². The molecule has 2 aromatic rings. The van der Waals surface area contributed by atoms with Gasteiger partial charge >= 0.3 is 0 Å². The normalized spacial score (nSPS) is 11.5. The van der Waals surface area contributed by atoms with E-state index >= 15 is 0 Å². The van der Waals surface area contributed by atoms with Crippen LogP contribution in [0.25, 0.3) is 11.4 Å². The maximum absolute atomic E-state index is 12.7. The van der Waals surface area contributed by atoms with E-state index in [4.69, 9.17) is 0 Å². The van der Waals surface area contributed by atoms with Gasteiger partial charge in [-0.05, 0) is 11.0 Å². The van der Waals surface area contributed by atoms with Crippen molar-refractivity contribution < 1.29 is 4.39 Å². The molecule has 0 saturated carbocycles. The number of benzene rings is 1. The van der Waals surface area contributed by atoms with Crippen molar-refractivity contribution in [3.63, 3.8) is 0 Å². The van der Waals surface area contributed by atoms with Crippen LogP contribution < -0.4 is 0 Å². The molecule has 0 aliphatic rings. The molecule has 88 valence electrons. The minimum absolute atomic E-state index is 0.127. The number of halogens is 1. The van der Waals surface area contributed by atoms with E-state index in [1.54, 1.807) is 0 Å². The Morgan fingerprint density at radius 1 is 0.941 bits per heavy atom. The Balaban J connectivity index is 2.33. The maximum atomic E-state index is 12.7. The number of nitrogens with zero attached hydrogens (tertiary/aromatic N) is 2. The van der Waals surface area contributed by atoms with Gasteiger partial charge in [0, 0.05) is 5.56 Å². The van der Waals surface area contributed by atoms with Crippen LogP contribution in [0, 0.1) is 5.82 Å². The monoisotopic (exact) mass is 230 g/mol. The molecule has 0 N–H and O–H groups in total. The van der Waals surface area contributed by atoms with E-state index in [1.165, 1.54) is 18.0 Å². The summed E-state index contributed by atoms with van der Waals surface area (Å²) >= 11 is 0. The third-order valence-electron chi connectivity index (χ3n) is 2.63. The fourth-order valence-electron chi connectivity index (χ4n) is 1.58. The Morgan fingerprint density at radius 2 is 1.47 bits per heavy atom. The summed E-state index contributed by atoms with van der Waals surface area (Å²) in [6, 6.07) is 8.05. The zero-order valence-electron chi connectivity index (χ0n) is 10.2. The number of hydrogen-bond donors (Lipinski definition) is 0. The largest absolute Gasteiger partial charge is 0.233 e. The highest BCUT2D eigenvalue weighted by atomic mass is 19.1. The Bertz CT molecular complexity index is 495. The van der Waals surface area contributed by atoms with E-state index in [-0.39, 0.29) is 5.41 Å². The van der Waals surface area contributed by atoms with E-state index < -0.39 is 5.82 Å². The maximum Gasteiger partial charge on any atom is 0.159 e. The molecular formula is C14H15FN2. The summed E-state index contributed by atoms with van der Waals surface area (Å²) in [5.41, 5.74) is 2.28. The summed E-state index contributed by atoms with van der Waals surface area (Å²) in [6.45, 7) is 6.49. The predicted molar refractivity (Wildman–Crippen MR) is 66.1 cm³/mol. The molecule has 0 bridgehead atoms. The Morgan fingerprint density at radius 3 is 1.94 bits per heavy atom. The summed E-state index contributed by atoms with van der Waals surface area (Å²) in [5.74, 6) is 0.131. The highest BCUT2D eigenvalue weighted by Gasteiger charge is 2.13. The zero-order valence-corrected chi connectivity index (χ0v) is 10.2. The first-order chi connectivity index (χ1) is 7.97. The van der Waals surface area contributed by atoms with E-state index in [0.717, 1.165) is 5.56 Å². The second-order valence-electron chi connectivity index (χ2n) is 5.05. The third kappa shape index (κ3) is 2.67. The lowest BCUT2D eigenvalue weighted by atomic mass is 9.87. The molecule has 0 atom stereocenters. The molecule has 1 heterocycles. The van der Waals surface area contributed by atoms with Gasteiger partial charge in [0.05, 0.1) is 12.4 Å². The highest BCUT2D eigenvalue weighted by Crippen LogP contribution is 2.24. The molecule has 0 saturated heterocycles. The van der Waals surface area contributed by atoms with Crippen LogP contribution in [0.3, 0.4) is 0 Å². The van der Waals surface area contributed by atoms with Gasteiger partial charge in [0.1, 0.15) is 0 Å². The van der Waals surface area contributed by atoms with Crippen molar-refractivity contribution in [1.82, 2.24) is 9.97 Å². The summed E-state index contributed by atoms with van der Waals surface area (Å²) in [6.07, 6.45) is 2.36. The molecule has 0 unspecified atom stereocenters. The topological polar surface area (TPSA) is 25.8 Å². The van der Waals surface area contributed by atoms with Crippen molar-refractivity contribution in [3.8, 4) is 11.4 Å². The fraction of sp³-hybridized carbons (Fsp3) is 0.286. The fourth-order valence-corrected chi connectivity index (χ4v) is 1.58. The molecule has 0 amide bonds. The minimum Gasteiger partial charge on any atom is -0.233 e. The Hall–Kier alpha value is -1.77. The molecular weight excluding hydrogens is 215 g/mol. The van der Waals surface area contributed by atoms with Crippen LogP contribution in [-0.4, -0.2) is 9.97 Å². The van der Waals surface area contributed by atoms with Crippen molar-refractivity contribution in [3.05, 3.63) is 48.0 Å². The lowest BCUT2D eigenvalue weighted by Crippen LogP contribution is -2.10. The smallest absolute Gasteiger partial charge is 0.159 e. The molecule has 1 aromatic carbocycles. The first-order valence-electron chi connectivity index (χ1n) is 5.55. The minimum atomic E-state index is -0.417. The zero-order chi connectivity index (χ0) is 12.5. The Kier molecular flexibility index (Phi) is 2.92. The van der Waals surface area contributed by atoms with Gasteiger partial charge in [-0.1, -0.05) is 45.0 Å². The van der Waals surface area contributed by atoms with Crippen LogP contribution in [0.2, 0.25) is 0 Å². The first-order valence-corrected chi connectivity index (χ1v) is 5.55. The van der Waals surface area contributed by atoms with Gasteiger partial charge in [0.15, 0.2) is 11.6 Å². The predicted octanol–water partition coefficient (Wildman–Crippen LogP) is 3.58. The van der Waals surface area contributed by atoms with Gasteiger partial charge in [-0.2, -0.15) is 0 Å². The molecule has 0 fully saturated rings. The number of hydrogen-bond acceptors (Lipinski definition) is 2. The Labute approximate surface area is 101 Å². The van der Waals surface area contributed by atoms with Crippen LogP contribution in [0.1, 0.15) is 26.3 Å². The van der Waals surface area contributed by atoms with Crippen LogP contribution >= 0.6 is 0 Å². The van der Waals surface area contributed by atoms with Crippen LogP contribution in [0.15, 0.2) is 36.7 Å². The summed E-state index contributed by atoms with van der Waals surface area (Å²) in [4.78, 5) is 7.91. The van der Waals surface area contributed by atoms with Crippen molar-refractivity contribution >= 4 is 0 Å². The van der Waals surface area contributed by atoms with Crippen LogP contribution in [0.4, 0.5) is 4.39 Å². The molecule has 2 rings (SSSR count). The van der Waals surface area contributed by atoms with Gasteiger partial charge in [-0.25, -0.2) is 14.4 Å². The van der Waals surface area contributed by atoms with E-state index in [1.807, 2.05) is 12.1 Å². The third-order valence-corrected chi connectivity index (χ3v) is 2.63. The molecule has 0 radical (unpaired) electrons. The number of aromatic nitrogens is 2. The van der Waals surface area contributed by atoms with E-state index in [9.17, 15) is 4.39 Å². The quantitative estimate of drug-likeness (QED) is 0.748. The van der Waals surface area contributed by atoms with Crippen LogP contribution in [-0.2, 0) is 5.41 Å². The molecule has 1 aromatic heterocycles. The molecule has 0 aliphatic carbocycles. The molecule has 3 heteroatoms. The van der Waals surface area contributed by atoms with Crippen LogP contribution in [0.5, 0.6) is 0 Å². The average molecular weight is 230 g/mol. The molecule has 2 nitrogen and oxygen atoms in total. The lowest BCUT2D eigenvalue weighted by Gasteiger charge is -2.18. The van der Waals surface area contributed by atoms with Gasteiger partial charge in [-0.3, -0.25) is 0 Å². The van der Waals surface area contributed by atoms with E-state index in [2.05, 4.69) is 42.9 Å². The first kappa shape index (κ1) is 11.7. The second kappa shape index (κ2) is 4.24. The number of rotatable bonds is 1. The highest BCUT2D eigenvalue weighted by molar-refractivity contribution is 5.55.